The molecule has 0 aliphatic heterocycles. The molecule has 3 N–H and O–H groups in total. The van der Waals surface area contributed by atoms with Gasteiger partial charge < -0.3 is 15.6 Å². The lowest BCUT2D eigenvalue weighted by Gasteiger charge is -2.11. The Bertz CT molecular complexity index is 1450. The maximum Gasteiger partial charge on any atom is 0.269 e. The second-order valence-corrected chi connectivity index (χ2v) is 7.43. The summed E-state index contributed by atoms with van der Waals surface area (Å²) in [6.07, 6.45) is 0. The molecule has 33 heavy (non-hydrogen) atoms. The fourth-order valence-electron chi connectivity index (χ4n) is 3.17. The number of amides is 2. The van der Waals surface area contributed by atoms with E-state index in [0.717, 1.165) is 0 Å². The number of carbonyl (C=O) groups is 2. The van der Waals surface area contributed by atoms with Crippen molar-refractivity contribution in [2.45, 2.75) is 0 Å². The molecule has 0 spiro atoms. The van der Waals surface area contributed by atoms with E-state index in [1.54, 1.807) is 42.5 Å². The van der Waals surface area contributed by atoms with E-state index in [2.05, 4.69) is 15.6 Å². The number of rotatable bonds is 5. The minimum atomic E-state index is -0.628. The Morgan fingerprint density at radius 1 is 0.909 bits per heavy atom. The molecule has 0 saturated heterocycles. The zero-order chi connectivity index (χ0) is 23.5. The number of halogens is 1. The smallest absolute Gasteiger partial charge is 0.269 e. The highest BCUT2D eigenvalue weighted by Crippen LogP contribution is 2.23. The molecule has 2 amide bonds. The predicted molar refractivity (Wildman–Crippen MR) is 125 cm³/mol. The third kappa shape index (κ3) is 4.73. The first kappa shape index (κ1) is 21.7. The molecule has 0 bridgehead atoms. The molecule has 0 saturated carbocycles. The number of benzene rings is 3. The van der Waals surface area contributed by atoms with E-state index in [4.69, 9.17) is 11.6 Å². The average Bonchev–Trinajstić information content (AvgIpc) is 2.80. The molecule has 3 aromatic carbocycles. The van der Waals surface area contributed by atoms with Crippen LogP contribution in [0.2, 0.25) is 5.02 Å². The third-order valence-electron chi connectivity index (χ3n) is 4.82. The normalized spacial score (nSPS) is 10.6. The van der Waals surface area contributed by atoms with Gasteiger partial charge >= 0.3 is 0 Å². The van der Waals surface area contributed by atoms with Crippen molar-refractivity contribution in [1.29, 1.82) is 0 Å². The largest absolute Gasteiger partial charge is 0.322 e. The molecular formula is C23H15ClN4O5. The molecule has 0 atom stereocenters. The van der Waals surface area contributed by atoms with Crippen LogP contribution in [0.15, 0.2) is 77.6 Å². The Labute approximate surface area is 191 Å². The number of H-pyrrole nitrogens is 1. The van der Waals surface area contributed by atoms with Crippen LogP contribution in [-0.4, -0.2) is 21.7 Å². The van der Waals surface area contributed by atoms with Crippen molar-refractivity contribution in [2.24, 2.45) is 0 Å². The van der Waals surface area contributed by atoms with Crippen LogP contribution in [0.25, 0.3) is 10.9 Å². The van der Waals surface area contributed by atoms with Gasteiger partial charge in [0.15, 0.2) is 0 Å². The van der Waals surface area contributed by atoms with E-state index in [9.17, 15) is 24.5 Å². The van der Waals surface area contributed by atoms with E-state index in [1.807, 2.05) is 0 Å². The SMILES string of the molecule is O=C(Nc1cccc2[nH]c(=O)c(C(=O)Nc3ccc(Cl)cc3)cc12)c1ccc([N+](=O)[O-])cc1. The first-order valence-corrected chi connectivity index (χ1v) is 9.98. The van der Waals surface area contributed by atoms with Crippen LogP contribution < -0.4 is 16.2 Å². The molecule has 0 radical (unpaired) electrons. The van der Waals surface area contributed by atoms with Gasteiger partial charge in [0.05, 0.1) is 16.1 Å². The summed E-state index contributed by atoms with van der Waals surface area (Å²) in [6.45, 7) is 0. The number of non-ortho nitro benzene ring substituents is 1. The fourth-order valence-corrected chi connectivity index (χ4v) is 3.29. The molecular weight excluding hydrogens is 448 g/mol. The number of nitro groups is 1. The Balaban J connectivity index is 1.64. The van der Waals surface area contributed by atoms with Gasteiger partial charge in [0.1, 0.15) is 5.56 Å². The molecule has 10 heteroatoms. The Morgan fingerprint density at radius 2 is 1.61 bits per heavy atom. The molecule has 1 aromatic heterocycles. The second kappa shape index (κ2) is 8.93. The summed E-state index contributed by atoms with van der Waals surface area (Å²) in [5.41, 5.74) is 0.580. The number of nitrogens with one attached hydrogen (secondary N) is 3. The van der Waals surface area contributed by atoms with E-state index < -0.39 is 22.3 Å². The first-order valence-electron chi connectivity index (χ1n) is 9.60. The topological polar surface area (TPSA) is 134 Å². The number of anilines is 2. The van der Waals surface area contributed by atoms with Crippen molar-refractivity contribution >= 4 is 51.4 Å². The van der Waals surface area contributed by atoms with Gasteiger partial charge in [-0.1, -0.05) is 17.7 Å². The van der Waals surface area contributed by atoms with Gasteiger partial charge in [0, 0.05) is 33.8 Å². The van der Waals surface area contributed by atoms with Gasteiger partial charge in [-0.2, -0.15) is 0 Å². The summed E-state index contributed by atoms with van der Waals surface area (Å²) >= 11 is 5.85. The monoisotopic (exact) mass is 462 g/mol. The van der Waals surface area contributed by atoms with Gasteiger partial charge in [0.2, 0.25) is 0 Å². The van der Waals surface area contributed by atoms with Gasteiger partial charge in [-0.05, 0) is 54.6 Å². The fraction of sp³-hybridized carbons (Fsp3) is 0. The molecule has 4 rings (SSSR count). The summed E-state index contributed by atoms with van der Waals surface area (Å²) in [7, 11) is 0. The quantitative estimate of drug-likeness (QED) is 0.294. The van der Waals surface area contributed by atoms with E-state index in [-0.39, 0.29) is 16.8 Å². The van der Waals surface area contributed by atoms with Crippen LogP contribution in [0.4, 0.5) is 17.1 Å². The van der Waals surface area contributed by atoms with Crippen molar-refractivity contribution in [2.75, 3.05) is 10.6 Å². The number of nitrogens with zero attached hydrogens (tertiary/aromatic N) is 1. The Hall–Kier alpha value is -4.50. The molecule has 0 unspecified atom stereocenters. The van der Waals surface area contributed by atoms with Crippen molar-refractivity contribution < 1.29 is 14.5 Å². The number of aromatic nitrogens is 1. The minimum absolute atomic E-state index is 0.134. The number of hydrogen-bond acceptors (Lipinski definition) is 5. The molecule has 4 aromatic rings. The number of hydrogen-bond donors (Lipinski definition) is 3. The van der Waals surface area contributed by atoms with Crippen LogP contribution in [0.1, 0.15) is 20.7 Å². The summed E-state index contributed by atoms with van der Waals surface area (Å²) in [5.74, 6) is -1.13. The number of pyridine rings is 1. The van der Waals surface area contributed by atoms with Crippen LogP contribution in [0, 0.1) is 10.1 Å². The maximum absolute atomic E-state index is 12.7. The summed E-state index contributed by atoms with van der Waals surface area (Å²) in [5, 5.41) is 17.1. The van der Waals surface area contributed by atoms with Crippen molar-refractivity contribution in [3.8, 4) is 0 Å². The number of aromatic amines is 1. The number of fused-ring (bicyclic) bond motifs is 1. The van der Waals surface area contributed by atoms with E-state index in [0.29, 0.717) is 27.3 Å². The van der Waals surface area contributed by atoms with E-state index >= 15 is 0 Å². The zero-order valence-corrected chi connectivity index (χ0v) is 17.6. The highest BCUT2D eigenvalue weighted by atomic mass is 35.5. The second-order valence-electron chi connectivity index (χ2n) is 7.00. The lowest BCUT2D eigenvalue weighted by atomic mass is 10.1. The molecule has 164 valence electrons. The Kier molecular flexibility index (Phi) is 5.88. The number of carbonyl (C=O) groups excluding carboxylic acids is 2. The first-order chi connectivity index (χ1) is 15.8. The highest BCUT2D eigenvalue weighted by Gasteiger charge is 2.16. The van der Waals surface area contributed by atoms with Gasteiger partial charge in [-0.25, -0.2) is 0 Å². The predicted octanol–water partition coefficient (Wildman–Crippen LogP) is 4.59. The van der Waals surface area contributed by atoms with Crippen molar-refractivity contribution in [3.05, 3.63) is 109 Å². The standard InChI is InChI=1S/C23H15ClN4O5/c24-14-6-8-15(9-7-14)25-22(30)18-12-17-19(2-1-3-20(17)27-23(18)31)26-21(29)13-4-10-16(11-5-13)28(32)33/h1-12H,(H,25,30)(H,26,29)(H,27,31). The Morgan fingerprint density at radius 3 is 2.27 bits per heavy atom. The zero-order valence-electron chi connectivity index (χ0n) is 16.8. The molecule has 0 fully saturated rings. The lowest BCUT2D eigenvalue weighted by Crippen LogP contribution is -2.23. The number of nitro benzene ring substituents is 1. The molecule has 0 aliphatic carbocycles. The summed E-state index contributed by atoms with van der Waals surface area (Å²) in [6, 6.07) is 17.8. The van der Waals surface area contributed by atoms with Gasteiger partial charge in [-0.3, -0.25) is 24.5 Å². The van der Waals surface area contributed by atoms with Crippen molar-refractivity contribution in [1.82, 2.24) is 4.98 Å². The van der Waals surface area contributed by atoms with Gasteiger partial charge in [-0.15, -0.1) is 0 Å². The minimum Gasteiger partial charge on any atom is -0.322 e. The molecule has 1 heterocycles. The highest BCUT2D eigenvalue weighted by molar-refractivity contribution is 6.30. The maximum atomic E-state index is 12.7. The average molecular weight is 463 g/mol. The van der Waals surface area contributed by atoms with Crippen LogP contribution in [-0.2, 0) is 0 Å². The van der Waals surface area contributed by atoms with Crippen LogP contribution >= 0.6 is 11.6 Å². The lowest BCUT2D eigenvalue weighted by molar-refractivity contribution is -0.384. The van der Waals surface area contributed by atoms with Crippen LogP contribution in [0.3, 0.4) is 0 Å². The van der Waals surface area contributed by atoms with Crippen LogP contribution in [0.5, 0.6) is 0 Å². The third-order valence-corrected chi connectivity index (χ3v) is 5.07. The van der Waals surface area contributed by atoms with Gasteiger partial charge in [0.25, 0.3) is 23.1 Å². The van der Waals surface area contributed by atoms with E-state index in [1.165, 1.54) is 30.3 Å². The molecule has 9 nitrogen and oxygen atoms in total. The summed E-state index contributed by atoms with van der Waals surface area (Å²) < 4.78 is 0. The summed E-state index contributed by atoms with van der Waals surface area (Å²) in [4.78, 5) is 50.7. The molecule has 0 aliphatic rings. The van der Waals surface area contributed by atoms with Crippen molar-refractivity contribution in [3.63, 3.8) is 0 Å².